The minimum absolute atomic E-state index is 0.0719. The van der Waals surface area contributed by atoms with Gasteiger partial charge in [0.15, 0.2) is 0 Å². The third-order valence-corrected chi connectivity index (χ3v) is 4.40. The average Bonchev–Trinajstić information content (AvgIpc) is 2.45. The number of hydrogen-bond acceptors (Lipinski definition) is 1. The molecule has 0 fully saturated rings. The van der Waals surface area contributed by atoms with Crippen LogP contribution in [0.4, 0.5) is 4.39 Å². The fourth-order valence-corrected chi connectivity index (χ4v) is 2.87. The maximum atomic E-state index is 13.8. The molecule has 1 aromatic rings. The summed E-state index contributed by atoms with van der Waals surface area (Å²) in [5.74, 6) is -0.139. The number of halogens is 2. The summed E-state index contributed by atoms with van der Waals surface area (Å²) in [4.78, 5) is 0. The van der Waals surface area contributed by atoms with Crippen LogP contribution in [0.25, 0.3) is 0 Å². The van der Waals surface area contributed by atoms with E-state index < -0.39 is 0 Å². The van der Waals surface area contributed by atoms with Crippen LogP contribution in [0.5, 0.6) is 0 Å². The van der Waals surface area contributed by atoms with Crippen molar-refractivity contribution in [1.82, 2.24) is 5.32 Å². The lowest BCUT2D eigenvalue weighted by molar-refractivity contribution is 0.502. The molecule has 1 nitrogen and oxygen atoms in total. The van der Waals surface area contributed by atoms with E-state index in [0.717, 1.165) is 16.6 Å². The molecule has 0 heterocycles. The summed E-state index contributed by atoms with van der Waals surface area (Å²) < 4.78 is 14.6. The highest BCUT2D eigenvalue weighted by molar-refractivity contribution is 9.10. The molecule has 0 saturated carbocycles. The van der Waals surface area contributed by atoms with Gasteiger partial charge in [0.1, 0.15) is 5.82 Å². The van der Waals surface area contributed by atoms with Gasteiger partial charge in [-0.1, -0.05) is 73.9 Å². The lowest BCUT2D eigenvalue weighted by Gasteiger charge is -2.15. The van der Waals surface area contributed by atoms with Crippen LogP contribution in [-0.4, -0.2) is 6.54 Å². The van der Waals surface area contributed by atoms with Gasteiger partial charge in [-0.25, -0.2) is 4.39 Å². The van der Waals surface area contributed by atoms with E-state index in [1.54, 1.807) is 0 Å². The Morgan fingerprint density at radius 2 is 1.67 bits per heavy atom. The first-order valence-corrected chi connectivity index (χ1v) is 9.12. The first kappa shape index (κ1) is 18.6. The standard InChI is InChI=1S/C18H29BrFN/c1-3-4-5-6-7-8-9-10-13-21-15(2)17-12-11-16(19)14-18(17)20/h11-12,14-15,21H,3-10,13H2,1-2H3. The second kappa shape index (κ2) is 11.2. The SMILES string of the molecule is CCCCCCCCCCNC(C)c1ccc(Br)cc1F. The zero-order valence-corrected chi connectivity index (χ0v) is 15.0. The second-order valence-corrected chi connectivity index (χ2v) is 6.73. The summed E-state index contributed by atoms with van der Waals surface area (Å²) in [5.41, 5.74) is 0.748. The maximum Gasteiger partial charge on any atom is 0.129 e. The lowest BCUT2D eigenvalue weighted by atomic mass is 10.1. The van der Waals surface area contributed by atoms with Gasteiger partial charge in [0.05, 0.1) is 0 Å². The first-order chi connectivity index (χ1) is 10.1. The van der Waals surface area contributed by atoms with Crippen molar-refractivity contribution in [3.63, 3.8) is 0 Å². The highest BCUT2D eigenvalue weighted by atomic mass is 79.9. The molecule has 0 radical (unpaired) electrons. The molecule has 21 heavy (non-hydrogen) atoms. The predicted molar refractivity (Wildman–Crippen MR) is 93.1 cm³/mol. The van der Waals surface area contributed by atoms with Crippen molar-refractivity contribution >= 4 is 15.9 Å². The zero-order chi connectivity index (χ0) is 15.5. The van der Waals surface area contributed by atoms with E-state index in [2.05, 4.69) is 28.2 Å². The van der Waals surface area contributed by atoms with E-state index in [-0.39, 0.29) is 11.9 Å². The molecule has 0 saturated heterocycles. The fraction of sp³-hybridized carbons (Fsp3) is 0.667. The van der Waals surface area contributed by atoms with Crippen LogP contribution in [0.2, 0.25) is 0 Å². The highest BCUT2D eigenvalue weighted by Gasteiger charge is 2.10. The molecule has 0 aliphatic rings. The summed E-state index contributed by atoms with van der Waals surface area (Å²) in [6.07, 6.45) is 10.6. The number of rotatable bonds is 11. The molecule has 1 atom stereocenters. The lowest BCUT2D eigenvalue weighted by Crippen LogP contribution is -2.20. The van der Waals surface area contributed by atoms with E-state index in [0.29, 0.717) is 0 Å². The van der Waals surface area contributed by atoms with E-state index >= 15 is 0 Å². The van der Waals surface area contributed by atoms with Gasteiger partial charge in [0, 0.05) is 16.1 Å². The Morgan fingerprint density at radius 3 is 2.29 bits per heavy atom. The van der Waals surface area contributed by atoms with Crippen LogP contribution in [-0.2, 0) is 0 Å². The van der Waals surface area contributed by atoms with Crippen molar-refractivity contribution in [1.29, 1.82) is 0 Å². The molecule has 1 N–H and O–H groups in total. The summed E-state index contributed by atoms with van der Waals surface area (Å²) >= 11 is 3.29. The van der Waals surface area contributed by atoms with E-state index in [1.807, 2.05) is 19.1 Å². The molecule has 3 heteroatoms. The van der Waals surface area contributed by atoms with Crippen molar-refractivity contribution in [2.75, 3.05) is 6.54 Å². The van der Waals surface area contributed by atoms with E-state index in [4.69, 9.17) is 0 Å². The molecule has 0 bridgehead atoms. The van der Waals surface area contributed by atoms with Crippen LogP contribution >= 0.6 is 15.9 Å². The molecule has 120 valence electrons. The summed E-state index contributed by atoms with van der Waals surface area (Å²) in [6, 6.07) is 5.35. The topological polar surface area (TPSA) is 12.0 Å². The zero-order valence-electron chi connectivity index (χ0n) is 13.4. The molecular weight excluding hydrogens is 329 g/mol. The fourth-order valence-electron chi connectivity index (χ4n) is 2.54. The third-order valence-electron chi connectivity index (χ3n) is 3.91. The Labute approximate surface area is 137 Å². The monoisotopic (exact) mass is 357 g/mol. The number of hydrogen-bond donors (Lipinski definition) is 1. The van der Waals surface area contributed by atoms with Gasteiger partial charge in [-0.15, -0.1) is 0 Å². The molecule has 0 amide bonds. The van der Waals surface area contributed by atoms with Gasteiger partial charge in [-0.3, -0.25) is 0 Å². The summed E-state index contributed by atoms with van der Waals surface area (Å²) in [6.45, 7) is 5.24. The first-order valence-electron chi connectivity index (χ1n) is 8.33. The van der Waals surface area contributed by atoms with Crippen LogP contribution < -0.4 is 5.32 Å². The maximum absolute atomic E-state index is 13.8. The van der Waals surface area contributed by atoms with Crippen molar-refractivity contribution in [2.45, 2.75) is 71.3 Å². The summed E-state index contributed by atoms with van der Waals surface area (Å²) in [5, 5.41) is 3.42. The molecule has 1 rings (SSSR count). The minimum atomic E-state index is -0.139. The van der Waals surface area contributed by atoms with E-state index in [1.165, 1.54) is 57.4 Å². The van der Waals surface area contributed by atoms with Gasteiger partial charge >= 0.3 is 0 Å². The van der Waals surface area contributed by atoms with Crippen LogP contribution in [0.15, 0.2) is 22.7 Å². The Bertz CT molecular complexity index is 395. The smallest absolute Gasteiger partial charge is 0.129 e. The average molecular weight is 358 g/mol. The molecular formula is C18H29BrFN. The van der Waals surface area contributed by atoms with Gasteiger partial charge in [-0.2, -0.15) is 0 Å². The Hall–Kier alpha value is -0.410. The van der Waals surface area contributed by atoms with Gasteiger partial charge < -0.3 is 5.32 Å². The van der Waals surface area contributed by atoms with Crippen molar-refractivity contribution in [3.8, 4) is 0 Å². The second-order valence-electron chi connectivity index (χ2n) is 5.82. The molecule has 0 spiro atoms. The Balaban J connectivity index is 2.09. The number of nitrogens with one attached hydrogen (secondary N) is 1. The number of unbranched alkanes of at least 4 members (excludes halogenated alkanes) is 7. The van der Waals surface area contributed by atoms with Crippen molar-refractivity contribution in [2.24, 2.45) is 0 Å². The number of benzene rings is 1. The quantitative estimate of drug-likeness (QED) is 0.453. The van der Waals surface area contributed by atoms with Crippen molar-refractivity contribution < 1.29 is 4.39 Å². The van der Waals surface area contributed by atoms with Gasteiger partial charge in [0.2, 0.25) is 0 Å². The van der Waals surface area contributed by atoms with Gasteiger partial charge in [0.25, 0.3) is 0 Å². The van der Waals surface area contributed by atoms with Crippen LogP contribution in [0.1, 0.15) is 76.8 Å². The predicted octanol–water partition coefficient (Wildman–Crippen LogP) is 6.38. The minimum Gasteiger partial charge on any atom is -0.310 e. The summed E-state index contributed by atoms with van der Waals surface area (Å²) in [7, 11) is 0. The Morgan fingerprint density at radius 1 is 1.05 bits per heavy atom. The Kier molecular flexibility index (Phi) is 9.94. The highest BCUT2D eigenvalue weighted by Crippen LogP contribution is 2.20. The molecule has 0 aliphatic carbocycles. The van der Waals surface area contributed by atoms with Crippen molar-refractivity contribution in [3.05, 3.63) is 34.1 Å². The largest absolute Gasteiger partial charge is 0.310 e. The normalized spacial score (nSPS) is 12.6. The van der Waals surface area contributed by atoms with Gasteiger partial charge in [-0.05, 0) is 32.0 Å². The molecule has 1 unspecified atom stereocenters. The van der Waals surface area contributed by atoms with Crippen LogP contribution in [0.3, 0.4) is 0 Å². The van der Waals surface area contributed by atoms with Crippen LogP contribution in [0, 0.1) is 5.82 Å². The van der Waals surface area contributed by atoms with E-state index in [9.17, 15) is 4.39 Å². The third kappa shape index (κ3) is 7.96. The molecule has 0 aromatic heterocycles. The molecule has 1 aromatic carbocycles. The molecule has 0 aliphatic heterocycles.